The van der Waals surface area contributed by atoms with Gasteiger partial charge in [-0.25, -0.2) is 4.79 Å². The van der Waals surface area contributed by atoms with Crippen LogP contribution >= 0.6 is 11.6 Å². The highest BCUT2D eigenvalue weighted by Crippen LogP contribution is 2.29. The van der Waals surface area contributed by atoms with Crippen LogP contribution in [0.25, 0.3) is 0 Å². The van der Waals surface area contributed by atoms with E-state index >= 15 is 0 Å². The lowest BCUT2D eigenvalue weighted by atomic mass is 10.1. The van der Waals surface area contributed by atoms with Crippen LogP contribution < -0.4 is 10.6 Å². The number of rotatable bonds is 8. The third-order valence-electron chi connectivity index (χ3n) is 4.72. The van der Waals surface area contributed by atoms with Gasteiger partial charge in [0.15, 0.2) is 0 Å². The molecule has 0 fully saturated rings. The van der Waals surface area contributed by atoms with Crippen molar-refractivity contribution in [2.75, 3.05) is 5.32 Å². The van der Waals surface area contributed by atoms with E-state index in [0.717, 1.165) is 11.6 Å². The summed E-state index contributed by atoms with van der Waals surface area (Å²) in [6.45, 7) is 1.72. The number of hydrogen-bond donors (Lipinski definition) is 2. The summed E-state index contributed by atoms with van der Waals surface area (Å²) < 4.78 is 5.52. The molecule has 3 rings (SSSR count). The highest BCUT2D eigenvalue weighted by atomic mass is 35.5. The Morgan fingerprint density at radius 2 is 1.71 bits per heavy atom. The standard InChI is InChI=1S/C24H20ClN3O6/c1-15(29)26-14-16-7-9-18(10-8-16)24(31)34-22(17-5-3-2-4-6-17)23(30)27-21-12-11-19(28(32)33)13-20(21)25/h2-13,22H,14H2,1H3,(H,26,29)(H,27,30). The zero-order valence-corrected chi connectivity index (χ0v) is 18.7. The molecule has 0 bridgehead atoms. The van der Waals surface area contributed by atoms with E-state index in [1.807, 2.05) is 0 Å². The number of non-ortho nitro benzene ring substituents is 1. The van der Waals surface area contributed by atoms with Gasteiger partial charge in [0, 0.05) is 31.2 Å². The Hall–Kier alpha value is -4.24. The smallest absolute Gasteiger partial charge is 0.339 e. The first kappa shape index (κ1) is 24.4. The van der Waals surface area contributed by atoms with Gasteiger partial charge in [-0.1, -0.05) is 54.1 Å². The van der Waals surface area contributed by atoms with E-state index in [2.05, 4.69) is 10.6 Å². The summed E-state index contributed by atoms with van der Waals surface area (Å²) in [5.41, 5.74) is 1.34. The Labute approximate surface area is 199 Å². The Kier molecular flexibility index (Phi) is 7.94. The molecule has 0 heterocycles. The molecule has 34 heavy (non-hydrogen) atoms. The van der Waals surface area contributed by atoms with Gasteiger partial charge in [0.25, 0.3) is 11.6 Å². The number of ether oxygens (including phenoxy) is 1. The van der Waals surface area contributed by atoms with E-state index in [9.17, 15) is 24.5 Å². The summed E-state index contributed by atoms with van der Waals surface area (Å²) in [7, 11) is 0. The van der Waals surface area contributed by atoms with Gasteiger partial charge in [0.1, 0.15) is 0 Å². The Morgan fingerprint density at radius 1 is 1.03 bits per heavy atom. The number of halogens is 1. The predicted molar refractivity (Wildman–Crippen MR) is 125 cm³/mol. The lowest BCUT2D eigenvalue weighted by Gasteiger charge is -2.18. The molecule has 0 aromatic heterocycles. The zero-order valence-electron chi connectivity index (χ0n) is 18.0. The van der Waals surface area contributed by atoms with Crippen molar-refractivity contribution >= 4 is 40.8 Å². The second-order valence-corrected chi connectivity index (χ2v) is 7.62. The molecule has 0 aliphatic heterocycles. The van der Waals surface area contributed by atoms with Crippen LogP contribution in [0.4, 0.5) is 11.4 Å². The molecular weight excluding hydrogens is 462 g/mol. The highest BCUT2D eigenvalue weighted by Gasteiger charge is 2.26. The van der Waals surface area contributed by atoms with E-state index in [1.54, 1.807) is 42.5 Å². The molecule has 0 saturated carbocycles. The first-order valence-electron chi connectivity index (χ1n) is 10.1. The molecule has 0 aliphatic rings. The molecule has 2 amide bonds. The quantitative estimate of drug-likeness (QED) is 0.278. The van der Waals surface area contributed by atoms with Crippen LogP contribution in [0.15, 0.2) is 72.8 Å². The van der Waals surface area contributed by atoms with E-state index in [-0.39, 0.29) is 27.9 Å². The van der Waals surface area contributed by atoms with Crippen molar-refractivity contribution in [1.82, 2.24) is 5.32 Å². The van der Waals surface area contributed by atoms with Crippen molar-refractivity contribution in [3.8, 4) is 0 Å². The van der Waals surface area contributed by atoms with Crippen molar-refractivity contribution in [3.63, 3.8) is 0 Å². The number of nitro benzene ring substituents is 1. The molecule has 0 spiro atoms. The van der Waals surface area contributed by atoms with Crippen molar-refractivity contribution in [2.45, 2.75) is 19.6 Å². The molecule has 3 aromatic rings. The third-order valence-corrected chi connectivity index (χ3v) is 5.03. The second-order valence-electron chi connectivity index (χ2n) is 7.21. The molecule has 0 aliphatic carbocycles. The summed E-state index contributed by atoms with van der Waals surface area (Å²) >= 11 is 6.08. The van der Waals surface area contributed by atoms with E-state index in [4.69, 9.17) is 16.3 Å². The van der Waals surface area contributed by atoms with Crippen molar-refractivity contribution in [3.05, 3.63) is 105 Å². The van der Waals surface area contributed by atoms with Gasteiger partial charge in [-0.2, -0.15) is 0 Å². The van der Waals surface area contributed by atoms with Crippen LogP contribution in [0.1, 0.15) is 34.5 Å². The van der Waals surface area contributed by atoms with Gasteiger partial charge < -0.3 is 15.4 Å². The lowest BCUT2D eigenvalue weighted by molar-refractivity contribution is -0.384. The number of carbonyl (C=O) groups is 3. The number of nitrogens with one attached hydrogen (secondary N) is 2. The van der Waals surface area contributed by atoms with Crippen LogP contribution in [0.2, 0.25) is 5.02 Å². The number of esters is 1. The zero-order chi connectivity index (χ0) is 24.7. The van der Waals surface area contributed by atoms with Gasteiger partial charge in [-0.05, 0) is 23.8 Å². The van der Waals surface area contributed by atoms with Gasteiger partial charge in [-0.3, -0.25) is 19.7 Å². The molecule has 1 atom stereocenters. The van der Waals surface area contributed by atoms with E-state index in [1.165, 1.54) is 31.2 Å². The number of amides is 2. The molecule has 9 nitrogen and oxygen atoms in total. The molecule has 0 radical (unpaired) electrons. The Bertz CT molecular complexity index is 1220. The van der Waals surface area contributed by atoms with Gasteiger partial charge in [0.2, 0.25) is 12.0 Å². The predicted octanol–water partition coefficient (Wildman–Crippen LogP) is 4.42. The maximum absolute atomic E-state index is 13.0. The van der Waals surface area contributed by atoms with Crippen LogP contribution in [0, 0.1) is 10.1 Å². The molecule has 10 heteroatoms. The maximum atomic E-state index is 13.0. The minimum absolute atomic E-state index is 0.0320. The second kappa shape index (κ2) is 11.1. The van der Waals surface area contributed by atoms with Crippen LogP contribution in [0.5, 0.6) is 0 Å². The first-order chi connectivity index (χ1) is 16.2. The summed E-state index contributed by atoms with van der Waals surface area (Å²) in [6.07, 6.45) is -1.31. The van der Waals surface area contributed by atoms with Gasteiger partial charge >= 0.3 is 5.97 Å². The normalized spacial score (nSPS) is 11.2. The summed E-state index contributed by atoms with van der Waals surface area (Å²) in [5.74, 6) is -1.59. The first-order valence-corrected chi connectivity index (χ1v) is 10.5. The molecule has 3 aromatic carbocycles. The number of carbonyl (C=O) groups excluding carboxylic acids is 3. The summed E-state index contributed by atoms with van der Waals surface area (Å²) in [6, 6.07) is 18.4. The number of nitrogens with zero attached hydrogens (tertiary/aromatic N) is 1. The number of nitro groups is 1. The van der Waals surface area contributed by atoms with Crippen molar-refractivity contribution in [2.24, 2.45) is 0 Å². The number of benzene rings is 3. The molecule has 174 valence electrons. The molecular formula is C24H20ClN3O6. The van der Waals surface area contributed by atoms with Crippen molar-refractivity contribution < 1.29 is 24.0 Å². The number of hydrogen-bond acceptors (Lipinski definition) is 6. The van der Waals surface area contributed by atoms with Crippen LogP contribution in [-0.2, 0) is 20.9 Å². The Balaban J connectivity index is 1.79. The van der Waals surface area contributed by atoms with E-state index in [0.29, 0.717) is 12.1 Å². The fourth-order valence-electron chi connectivity index (χ4n) is 2.98. The molecule has 0 saturated heterocycles. The fraction of sp³-hybridized carbons (Fsp3) is 0.125. The maximum Gasteiger partial charge on any atom is 0.339 e. The largest absolute Gasteiger partial charge is 0.444 e. The molecule has 2 N–H and O–H groups in total. The fourth-order valence-corrected chi connectivity index (χ4v) is 3.20. The van der Waals surface area contributed by atoms with E-state index < -0.39 is 22.9 Å². The minimum atomic E-state index is -1.31. The number of anilines is 1. The SMILES string of the molecule is CC(=O)NCc1ccc(C(=O)OC(C(=O)Nc2ccc([N+](=O)[O-])cc2Cl)c2ccccc2)cc1. The average molecular weight is 482 g/mol. The van der Waals surface area contributed by atoms with Crippen LogP contribution in [0.3, 0.4) is 0 Å². The van der Waals surface area contributed by atoms with Gasteiger partial charge in [0.05, 0.1) is 21.2 Å². The summed E-state index contributed by atoms with van der Waals surface area (Å²) in [4.78, 5) is 47.2. The Morgan fingerprint density at radius 3 is 2.29 bits per heavy atom. The average Bonchev–Trinajstić information content (AvgIpc) is 2.83. The summed E-state index contributed by atoms with van der Waals surface area (Å²) in [5, 5.41) is 16.1. The minimum Gasteiger partial charge on any atom is -0.444 e. The monoisotopic (exact) mass is 481 g/mol. The van der Waals surface area contributed by atoms with Crippen molar-refractivity contribution in [1.29, 1.82) is 0 Å². The molecule has 1 unspecified atom stereocenters. The topological polar surface area (TPSA) is 128 Å². The lowest BCUT2D eigenvalue weighted by Crippen LogP contribution is -2.26. The van der Waals surface area contributed by atoms with Crippen LogP contribution in [-0.4, -0.2) is 22.7 Å². The van der Waals surface area contributed by atoms with Gasteiger partial charge in [-0.15, -0.1) is 0 Å². The highest BCUT2D eigenvalue weighted by molar-refractivity contribution is 6.34. The third kappa shape index (κ3) is 6.39.